The molecule has 0 saturated heterocycles. The molecule has 1 aliphatic rings. The van der Waals surface area contributed by atoms with Crippen molar-refractivity contribution in [2.75, 3.05) is 55.5 Å². The summed E-state index contributed by atoms with van der Waals surface area (Å²) in [5.41, 5.74) is 8.90. The number of ether oxygens (including phenoxy) is 3. The van der Waals surface area contributed by atoms with Gasteiger partial charge in [0.1, 0.15) is 29.0 Å². The molecule has 1 aliphatic heterocycles. The number of nitriles is 1. The minimum absolute atomic E-state index is 0.0341. The molecule has 5 N–H and O–H groups in total. The molecule has 1 atom stereocenters. The smallest absolute Gasteiger partial charge is 0.222 e. The largest absolute Gasteiger partial charge is 0.382 e. The molecule has 0 radical (unpaired) electrons. The molecule has 11 nitrogen and oxygen atoms in total. The molecule has 0 saturated carbocycles. The number of hydrogen-bond acceptors (Lipinski definition) is 11. The van der Waals surface area contributed by atoms with Gasteiger partial charge in [0.25, 0.3) is 0 Å². The summed E-state index contributed by atoms with van der Waals surface area (Å²) < 4.78 is 41.4. The Balaban J connectivity index is 1.71. The Kier molecular flexibility index (Phi) is 11.0. The third-order valence-corrected chi connectivity index (χ3v) is 8.53. The van der Waals surface area contributed by atoms with Crippen molar-refractivity contribution in [3.05, 3.63) is 76.6 Å². The van der Waals surface area contributed by atoms with E-state index in [4.69, 9.17) is 19.9 Å². The van der Waals surface area contributed by atoms with E-state index in [1.54, 1.807) is 24.4 Å². The zero-order valence-electron chi connectivity index (χ0n) is 24.4. The number of nitrogen functional groups attached to an aromatic ring is 1. The van der Waals surface area contributed by atoms with E-state index < -0.39 is 16.8 Å². The highest BCUT2D eigenvalue weighted by molar-refractivity contribution is 8.25. The van der Waals surface area contributed by atoms with Gasteiger partial charge >= 0.3 is 0 Å². The first-order valence-electron chi connectivity index (χ1n) is 13.7. The van der Waals surface area contributed by atoms with Crippen LogP contribution in [-0.2, 0) is 14.2 Å². The Bertz CT molecular complexity index is 1550. The van der Waals surface area contributed by atoms with E-state index in [2.05, 4.69) is 33.2 Å². The van der Waals surface area contributed by atoms with Gasteiger partial charge in [-0.3, -0.25) is 9.11 Å². The fourth-order valence-corrected chi connectivity index (χ4v) is 6.56. The first kappa shape index (κ1) is 31.8. The van der Waals surface area contributed by atoms with Gasteiger partial charge in [-0.2, -0.15) is 10.2 Å². The number of aryl methyl sites for hydroxylation is 1. The second kappa shape index (κ2) is 14.8. The predicted octanol–water partition coefficient (Wildman–Crippen LogP) is 5.05. The maximum absolute atomic E-state index is 12.0. The summed E-state index contributed by atoms with van der Waals surface area (Å²) in [4.78, 5) is 8.71. The van der Waals surface area contributed by atoms with Crippen molar-refractivity contribution in [2.24, 2.45) is 0 Å². The molecule has 2 heterocycles. The fraction of sp³-hybridized carbons (Fsp3) is 0.323. The summed E-state index contributed by atoms with van der Waals surface area (Å²) in [7, 11) is -2.01. The van der Waals surface area contributed by atoms with Crippen molar-refractivity contribution in [1.29, 1.82) is 5.26 Å². The van der Waals surface area contributed by atoms with Crippen LogP contribution in [0.2, 0.25) is 0 Å². The number of methoxy groups -OCH3 is 1. The second-order valence-electron chi connectivity index (χ2n) is 9.51. The number of anilines is 3. The van der Waals surface area contributed by atoms with Crippen LogP contribution in [-0.4, -0.2) is 65.3 Å². The second-order valence-corrected chi connectivity index (χ2v) is 11.3. The van der Waals surface area contributed by atoms with Gasteiger partial charge in [-0.1, -0.05) is 59.9 Å². The predicted molar refractivity (Wildman–Crippen MR) is 168 cm³/mol. The third kappa shape index (κ3) is 7.45. The zero-order valence-corrected chi connectivity index (χ0v) is 25.2. The lowest BCUT2D eigenvalue weighted by atomic mass is 10.0. The highest BCUT2D eigenvalue weighted by Crippen LogP contribution is 2.61. The Labute approximate surface area is 253 Å². The molecular weight excluding hydrogens is 568 g/mol. The molecule has 0 amide bonds. The highest BCUT2D eigenvalue weighted by atomic mass is 32.3. The van der Waals surface area contributed by atoms with Crippen molar-refractivity contribution < 1.29 is 23.3 Å². The molecule has 0 unspecified atom stereocenters. The van der Waals surface area contributed by atoms with Gasteiger partial charge in [-0.05, 0) is 37.6 Å². The van der Waals surface area contributed by atoms with E-state index in [-0.39, 0.29) is 23.9 Å². The molecule has 4 rings (SSSR count). The van der Waals surface area contributed by atoms with E-state index in [1.165, 1.54) is 0 Å². The zero-order chi connectivity index (χ0) is 30.8. The average molecular weight is 605 g/mol. The molecule has 0 fully saturated rings. The summed E-state index contributed by atoms with van der Waals surface area (Å²) in [6, 6.07) is 16.2. The Morgan fingerprint density at radius 3 is 2.51 bits per heavy atom. The van der Waals surface area contributed by atoms with E-state index in [1.807, 2.05) is 55.5 Å². The van der Waals surface area contributed by atoms with Crippen LogP contribution in [0.4, 0.5) is 17.5 Å². The first-order chi connectivity index (χ1) is 20.8. The molecule has 1 aromatic heterocycles. The van der Waals surface area contributed by atoms with Crippen LogP contribution in [0, 0.1) is 30.1 Å². The molecule has 0 spiro atoms. The van der Waals surface area contributed by atoms with Gasteiger partial charge in [0.05, 0.1) is 55.1 Å². The lowest BCUT2D eigenvalue weighted by Gasteiger charge is -2.50. The maximum atomic E-state index is 12.0. The highest BCUT2D eigenvalue weighted by Gasteiger charge is 2.38. The summed E-state index contributed by atoms with van der Waals surface area (Å²) in [6.45, 7) is 5.62. The van der Waals surface area contributed by atoms with E-state index >= 15 is 0 Å². The molecular formula is C31H36N6O5S. The van der Waals surface area contributed by atoms with Crippen LogP contribution in [0.1, 0.15) is 35.7 Å². The van der Waals surface area contributed by atoms with Crippen LogP contribution in [0.25, 0.3) is 6.08 Å². The normalized spacial score (nSPS) is 14.9. The molecule has 12 heteroatoms. The van der Waals surface area contributed by atoms with Gasteiger partial charge in [-0.15, -0.1) is 0 Å². The van der Waals surface area contributed by atoms with Crippen molar-refractivity contribution in [1.82, 2.24) is 9.97 Å². The van der Waals surface area contributed by atoms with Crippen molar-refractivity contribution >= 4 is 34.3 Å². The van der Waals surface area contributed by atoms with Crippen LogP contribution in [0.3, 0.4) is 0 Å². The number of rotatable bonds is 12. The minimum atomic E-state index is -3.63. The van der Waals surface area contributed by atoms with E-state index in [0.717, 1.165) is 0 Å². The average Bonchev–Trinajstić information content (AvgIpc) is 2.98. The number of hydrogen-bond donors (Lipinski definition) is 4. The van der Waals surface area contributed by atoms with Crippen molar-refractivity contribution in [3.8, 4) is 17.9 Å². The van der Waals surface area contributed by atoms with Gasteiger partial charge in [0.15, 0.2) is 0 Å². The molecule has 2 aromatic carbocycles. The number of fused-ring (bicyclic) bond motifs is 1. The van der Waals surface area contributed by atoms with E-state index in [9.17, 15) is 14.4 Å². The van der Waals surface area contributed by atoms with Gasteiger partial charge in [0, 0.05) is 12.7 Å². The molecule has 0 aliphatic carbocycles. The van der Waals surface area contributed by atoms with Crippen molar-refractivity contribution in [3.63, 3.8) is 0 Å². The van der Waals surface area contributed by atoms with Gasteiger partial charge < -0.3 is 25.3 Å². The Morgan fingerprint density at radius 2 is 1.79 bits per heavy atom. The Morgan fingerprint density at radius 1 is 1.05 bits per heavy atom. The number of benzene rings is 2. The summed E-state index contributed by atoms with van der Waals surface area (Å²) in [6.07, 6.45) is 2.43. The molecule has 226 valence electrons. The molecule has 3 aromatic rings. The van der Waals surface area contributed by atoms with Crippen molar-refractivity contribution in [2.45, 2.75) is 31.2 Å². The van der Waals surface area contributed by atoms with Crippen LogP contribution < -0.4 is 15.4 Å². The van der Waals surface area contributed by atoms with Gasteiger partial charge in [-0.25, -0.2) is 9.29 Å². The number of nitrogens with two attached hydrogens (primary N) is 1. The number of aromatic nitrogens is 2. The van der Waals surface area contributed by atoms with E-state index in [0.29, 0.717) is 65.9 Å². The van der Waals surface area contributed by atoms with Gasteiger partial charge in [0.2, 0.25) is 5.95 Å². The summed E-state index contributed by atoms with van der Waals surface area (Å²) in [5.74, 6) is 6.35. The summed E-state index contributed by atoms with van der Waals surface area (Å²) in [5, 5.41) is 13.1. The van der Waals surface area contributed by atoms with Crippen LogP contribution >= 0.6 is 10.8 Å². The van der Waals surface area contributed by atoms with Crippen LogP contribution in [0.15, 0.2) is 59.1 Å². The fourth-order valence-electron chi connectivity index (χ4n) is 4.63. The van der Waals surface area contributed by atoms with Crippen LogP contribution in [0.5, 0.6) is 0 Å². The quantitative estimate of drug-likeness (QED) is 0.162. The standard InChI is InChI=1S/C31H36N6O5S/c1-4-27(35-30-26(21-32)22(2)34-31(33)36-30)28-20-24-11-8-10-23(12-9-15-41-18-19-42-17-16-40-3)29(24)43(38,39)37(28)25-13-6-5-7-14-25/h5-8,10-11,13-14,20,27,38-39H,4,15-19H2,1-3H3,(H3,33,34,35,36)/t27-/m0/s1. The monoisotopic (exact) mass is 604 g/mol. The third-order valence-electron chi connectivity index (χ3n) is 6.60. The summed E-state index contributed by atoms with van der Waals surface area (Å²) >= 11 is 0. The lowest BCUT2D eigenvalue weighted by molar-refractivity contribution is 0.0324. The molecule has 43 heavy (non-hydrogen) atoms. The number of para-hydroxylation sites is 1. The number of nitrogens with zero attached hydrogens (tertiary/aromatic N) is 4. The topological polar surface area (TPSA) is 159 Å². The SMILES string of the molecule is CC[C@H](Nc1nc(N)nc(C)c1C#N)C1=Cc2cccc(C#CCOCCOCCOC)c2S(O)(O)N1c1ccccc1. The lowest BCUT2D eigenvalue weighted by Crippen LogP contribution is -2.39. The maximum Gasteiger partial charge on any atom is 0.222 e. The Hall–Kier alpha value is -4.14. The number of nitrogens with one attached hydrogen (secondary N) is 1. The first-order valence-corrected chi connectivity index (χ1v) is 15.2. The molecule has 0 bridgehead atoms. The minimum Gasteiger partial charge on any atom is -0.382 e.